The van der Waals surface area contributed by atoms with Crippen molar-refractivity contribution < 1.29 is 19.1 Å². The highest BCUT2D eigenvalue weighted by molar-refractivity contribution is 5.96. The van der Waals surface area contributed by atoms with E-state index in [-0.39, 0.29) is 31.2 Å². The van der Waals surface area contributed by atoms with Gasteiger partial charge in [0, 0.05) is 46.1 Å². The number of hydrogen-bond donors (Lipinski definition) is 3. The second-order valence-electron chi connectivity index (χ2n) is 6.44. The van der Waals surface area contributed by atoms with Crippen LogP contribution in [-0.2, 0) is 20.9 Å². The molecule has 4 amide bonds. The summed E-state index contributed by atoms with van der Waals surface area (Å²) in [7, 11) is 1.63. The lowest BCUT2D eigenvalue weighted by atomic mass is 10.3. The number of rotatable bonds is 10. The summed E-state index contributed by atoms with van der Waals surface area (Å²) in [6, 6.07) is -0.452. The Morgan fingerprint density at radius 1 is 1.28 bits per heavy atom. The van der Waals surface area contributed by atoms with E-state index in [1.807, 2.05) is 0 Å². The van der Waals surface area contributed by atoms with Crippen molar-refractivity contribution in [2.75, 3.05) is 45.2 Å². The van der Waals surface area contributed by atoms with Crippen molar-refractivity contribution in [2.45, 2.75) is 19.4 Å². The summed E-state index contributed by atoms with van der Waals surface area (Å²) < 4.78 is 6.72. The molecular formula is C17H24N8O4. The summed E-state index contributed by atoms with van der Waals surface area (Å²) in [6.07, 6.45) is 3.56. The van der Waals surface area contributed by atoms with Crippen molar-refractivity contribution in [1.29, 1.82) is 0 Å². The first-order chi connectivity index (χ1) is 14.1. The molecule has 1 fully saturated rings. The van der Waals surface area contributed by atoms with Gasteiger partial charge in [-0.05, 0) is 0 Å². The Hall–Kier alpha value is -3.28. The fourth-order valence-electron chi connectivity index (χ4n) is 2.91. The fraction of sp³-hybridized carbons (Fsp3) is 0.529. The summed E-state index contributed by atoms with van der Waals surface area (Å²) in [5.41, 5.74) is 0.670. The third kappa shape index (κ3) is 5.38. The molecule has 0 spiro atoms. The highest BCUT2D eigenvalue weighted by atomic mass is 16.5. The number of carbonyl (C=O) groups is 3. The number of hydrogen-bond acceptors (Lipinski definition) is 8. The summed E-state index contributed by atoms with van der Waals surface area (Å²) >= 11 is 0. The van der Waals surface area contributed by atoms with Crippen molar-refractivity contribution in [2.24, 2.45) is 0 Å². The Labute approximate surface area is 167 Å². The normalized spacial score (nSPS) is 14.2. The third-order valence-electron chi connectivity index (χ3n) is 4.43. The number of ether oxygens (including phenoxy) is 1. The molecule has 3 heterocycles. The summed E-state index contributed by atoms with van der Waals surface area (Å²) in [4.78, 5) is 44.8. The minimum atomic E-state index is -0.452. The van der Waals surface area contributed by atoms with E-state index in [0.29, 0.717) is 44.3 Å². The lowest BCUT2D eigenvalue weighted by Gasteiger charge is -2.26. The number of carbonyl (C=O) groups excluding carboxylic acids is 3. The molecule has 1 aliphatic rings. The fourth-order valence-corrected chi connectivity index (χ4v) is 2.91. The molecule has 12 nitrogen and oxygen atoms in total. The molecule has 3 rings (SSSR count). The Morgan fingerprint density at radius 2 is 2.14 bits per heavy atom. The first kappa shape index (κ1) is 20.5. The first-order valence-corrected chi connectivity index (χ1v) is 9.33. The highest BCUT2D eigenvalue weighted by Gasteiger charge is 2.22. The van der Waals surface area contributed by atoms with Gasteiger partial charge in [0.15, 0.2) is 5.65 Å². The summed E-state index contributed by atoms with van der Waals surface area (Å²) in [6.45, 7) is 2.59. The van der Waals surface area contributed by atoms with E-state index >= 15 is 0 Å². The molecule has 1 saturated heterocycles. The van der Waals surface area contributed by atoms with Gasteiger partial charge in [0.1, 0.15) is 12.1 Å². The van der Waals surface area contributed by atoms with Crippen molar-refractivity contribution in [1.82, 2.24) is 35.3 Å². The second-order valence-corrected chi connectivity index (χ2v) is 6.44. The average molecular weight is 404 g/mol. The van der Waals surface area contributed by atoms with Gasteiger partial charge in [-0.15, -0.1) is 0 Å². The molecule has 1 aliphatic heterocycles. The van der Waals surface area contributed by atoms with Crippen molar-refractivity contribution >= 4 is 34.7 Å². The van der Waals surface area contributed by atoms with Crippen LogP contribution in [0.2, 0.25) is 0 Å². The molecule has 0 aliphatic carbocycles. The molecule has 2 aromatic rings. The molecule has 0 aromatic carbocycles. The molecule has 12 heteroatoms. The number of fused-ring (bicyclic) bond motifs is 1. The molecule has 0 saturated carbocycles. The van der Waals surface area contributed by atoms with Gasteiger partial charge in [0.05, 0.1) is 24.7 Å². The minimum absolute atomic E-state index is 0.164. The molecule has 3 N–H and O–H groups in total. The maximum Gasteiger partial charge on any atom is 0.324 e. The molecule has 0 atom stereocenters. The summed E-state index contributed by atoms with van der Waals surface area (Å²) in [5.74, 6) is 0.214. The maximum absolute atomic E-state index is 12.0. The zero-order valence-electron chi connectivity index (χ0n) is 16.2. The lowest BCUT2D eigenvalue weighted by molar-refractivity contribution is -0.121. The number of aromatic nitrogens is 4. The van der Waals surface area contributed by atoms with Crippen LogP contribution < -0.4 is 16.0 Å². The monoisotopic (exact) mass is 404 g/mol. The van der Waals surface area contributed by atoms with E-state index in [9.17, 15) is 14.4 Å². The van der Waals surface area contributed by atoms with Crippen molar-refractivity contribution in [3.05, 3.63) is 12.5 Å². The van der Waals surface area contributed by atoms with Crippen LogP contribution in [0.4, 0.5) is 10.6 Å². The standard InChI is InChI=1S/C17H24N8O4/c1-29-9-5-19-15-12-10-22-25(16(12)21-11-20-15)8-4-18-13(26)2-6-24-7-3-14(27)23-17(24)28/h10-11H,2-9H2,1H3,(H,18,26)(H,19,20,21)(H,23,27,28). The average Bonchev–Trinajstić information content (AvgIpc) is 3.11. The van der Waals surface area contributed by atoms with Gasteiger partial charge in [-0.2, -0.15) is 5.10 Å². The molecule has 0 bridgehead atoms. The van der Waals surface area contributed by atoms with Crippen LogP contribution in [-0.4, -0.2) is 82.4 Å². The number of methoxy groups -OCH3 is 1. The van der Waals surface area contributed by atoms with E-state index in [1.54, 1.807) is 18.0 Å². The Kier molecular flexibility index (Phi) is 6.89. The smallest absolute Gasteiger partial charge is 0.324 e. The molecule has 2 aromatic heterocycles. The molecular weight excluding hydrogens is 380 g/mol. The van der Waals surface area contributed by atoms with Crippen LogP contribution in [0.5, 0.6) is 0 Å². The quantitative estimate of drug-likeness (QED) is 0.443. The largest absolute Gasteiger partial charge is 0.383 e. The number of imide groups is 1. The predicted molar refractivity (Wildman–Crippen MR) is 103 cm³/mol. The van der Waals surface area contributed by atoms with Gasteiger partial charge in [0.2, 0.25) is 11.8 Å². The zero-order valence-corrected chi connectivity index (χ0v) is 16.2. The Balaban J connectivity index is 1.46. The van der Waals surface area contributed by atoms with Gasteiger partial charge in [-0.3, -0.25) is 14.9 Å². The van der Waals surface area contributed by atoms with Gasteiger partial charge < -0.3 is 20.3 Å². The number of nitrogens with one attached hydrogen (secondary N) is 3. The van der Waals surface area contributed by atoms with Crippen LogP contribution in [0.15, 0.2) is 12.5 Å². The van der Waals surface area contributed by atoms with Crippen molar-refractivity contribution in [3.8, 4) is 0 Å². The first-order valence-electron chi connectivity index (χ1n) is 9.33. The van der Waals surface area contributed by atoms with Gasteiger partial charge in [-0.1, -0.05) is 0 Å². The predicted octanol–water partition coefficient (Wildman–Crippen LogP) is -0.667. The van der Waals surface area contributed by atoms with E-state index in [0.717, 1.165) is 5.39 Å². The minimum Gasteiger partial charge on any atom is -0.383 e. The molecule has 156 valence electrons. The number of anilines is 1. The molecule has 0 unspecified atom stereocenters. The third-order valence-corrected chi connectivity index (χ3v) is 4.43. The lowest BCUT2D eigenvalue weighted by Crippen LogP contribution is -2.50. The van der Waals surface area contributed by atoms with Gasteiger partial charge >= 0.3 is 6.03 Å². The molecule has 29 heavy (non-hydrogen) atoms. The summed E-state index contributed by atoms with van der Waals surface area (Å²) in [5, 5.41) is 13.3. The number of urea groups is 1. The number of amides is 4. The SMILES string of the molecule is COCCNc1ncnc2c1cnn2CCNC(=O)CCN1CCC(=O)NC1=O. The van der Waals surface area contributed by atoms with Crippen molar-refractivity contribution in [3.63, 3.8) is 0 Å². The molecule has 0 radical (unpaired) electrons. The Bertz CT molecular complexity index is 883. The van der Waals surface area contributed by atoms with Gasteiger partial charge in [-0.25, -0.2) is 19.4 Å². The van der Waals surface area contributed by atoms with Crippen LogP contribution in [0.1, 0.15) is 12.8 Å². The maximum atomic E-state index is 12.0. The van der Waals surface area contributed by atoms with E-state index < -0.39 is 6.03 Å². The zero-order chi connectivity index (χ0) is 20.6. The highest BCUT2D eigenvalue weighted by Crippen LogP contribution is 2.18. The topological polar surface area (TPSA) is 143 Å². The van der Waals surface area contributed by atoms with E-state index in [4.69, 9.17) is 4.74 Å². The van der Waals surface area contributed by atoms with Crippen LogP contribution in [0, 0.1) is 0 Å². The van der Waals surface area contributed by atoms with Crippen LogP contribution in [0.3, 0.4) is 0 Å². The van der Waals surface area contributed by atoms with E-state index in [2.05, 4.69) is 31.0 Å². The van der Waals surface area contributed by atoms with E-state index in [1.165, 1.54) is 11.2 Å². The van der Waals surface area contributed by atoms with Crippen LogP contribution >= 0.6 is 0 Å². The van der Waals surface area contributed by atoms with Gasteiger partial charge in [0.25, 0.3) is 0 Å². The van der Waals surface area contributed by atoms with Crippen LogP contribution in [0.25, 0.3) is 11.0 Å². The Morgan fingerprint density at radius 3 is 2.93 bits per heavy atom. The number of nitrogens with zero attached hydrogens (tertiary/aromatic N) is 5. The second kappa shape index (κ2) is 9.78.